The Morgan fingerprint density at radius 2 is 2.00 bits per heavy atom. The summed E-state index contributed by atoms with van der Waals surface area (Å²) in [7, 11) is 0. The first-order valence-corrected chi connectivity index (χ1v) is 7.61. The zero-order valence-corrected chi connectivity index (χ0v) is 14.5. The molecular weight excluding hydrogens is 345 g/mol. The standard InChI is InChI=1S/C16H21F3N2O2.ClH/c1-3-21-10-8-15(9-11-21,16(17,18)19)20-14(22)7-6-13-5-4-12(2)23-13;/h4-7H,3,8-11H2,1-2H3,(H,20,22);1H/b7-6+;. The Balaban J connectivity index is 0.00000288. The van der Waals surface area contributed by atoms with Crippen molar-refractivity contribution in [3.05, 3.63) is 29.7 Å². The second-order valence-corrected chi connectivity index (χ2v) is 5.79. The molecule has 0 bridgehead atoms. The Hall–Kier alpha value is -1.47. The van der Waals surface area contributed by atoms with Crippen LogP contribution in [0.3, 0.4) is 0 Å². The maximum absolute atomic E-state index is 13.5. The number of furan rings is 1. The van der Waals surface area contributed by atoms with E-state index in [1.54, 1.807) is 19.1 Å². The number of nitrogens with zero attached hydrogens (tertiary/aromatic N) is 1. The first-order valence-electron chi connectivity index (χ1n) is 7.61. The molecule has 1 amide bonds. The van der Waals surface area contributed by atoms with Gasteiger partial charge in [0.25, 0.3) is 0 Å². The van der Waals surface area contributed by atoms with E-state index in [0.717, 1.165) is 6.08 Å². The van der Waals surface area contributed by atoms with Crippen molar-refractivity contribution >= 4 is 24.4 Å². The van der Waals surface area contributed by atoms with Gasteiger partial charge in [0.2, 0.25) is 5.91 Å². The Kier molecular flexibility index (Phi) is 6.92. The van der Waals surface area contributed by atoms with Crippen molar-refractivity contribution in [1.29, 1.82) is 0 Å². The lowest BCUT2D eigenvalue weighted by Gasteiger charge is -2.42. The monoisotopic (exact) mass is 366 g/mol. The van der Waals surface area contributed by atoms with Crippen molar-refractivity contribution in [2.75, 3.05) is 19.6 Å². The van der Waals surface area contributed by atoms with Gasteiger partial charge in [-0.25, -0.2) is 0 Å². The molecule has 0 spiro atoms. The number of piperidine rings is 1. The van der Waals surface area contributed by atoms with E-state index in [-0.39, 0.29) is 25.2 Å². The van der Waals surface area contributed by atoms with Crippen molar-refractivity contribution in [3.63, 3.8) is 0 Å². The fourth-order valence-electron chi connectivity index (χ4n) is 2.71. The van der Waals surface area contributed by atoms with Crippen molar-refractivity contribution < 1.29 is 22.4 Å². The fourth-order valence-corrected chi connectivity index (χ4v) is 2.71. The smallest absolute Gasteiger partial charge is 0.411 e. The average molecular weight is 367 g/mol. The third kappa shape index (κ3) is 4.77. The molecule has 24 heavy (non-hydrogen) atoms. The van der Waals surface area contributed by atoms with Gasteiger partial charge in [0.15, 0.2) is 0 Å². The van der Waals surface area contributed by atoms with Crippen LogP contribution in [-0.4, -0.2) is 42.2 Å². The van der Waals surface area contributed by atoms with E-state index >= 15 is 0 Å². The molecule has 8 heteroatoms. The zero-order chi connectivity index (χ0) is 17.1. The van der Waals surface area contributed by atoms with Crippen LogP contribution in [0.4, 0.5) is 13.2 Å². The van der Waals surface area contributed by atoms with E-state index in [0.29, 0.717) is 31.2 Å². The van der Waals surface area contributed by atoms with Gasteiger partial charge in [-0.3, -0.25) is 4.79 Å². The number of hydrogen-bond acceptors (Lipinski definition) is 3. The Morgan fingerprint density at radius 3 is 2.46 bits per heavy atom. The molecule has 0 saturated carbocycles. The number of alkyl halides is 3. The highest BCUT2D eigenvalue weighted by Crippen LogP contribution is 2.38. The van der Waals surface area contributed by atoms with Crippen molar-refractivity contribution in [1.82, 2.24) is 10.2 Å². The number of aryl methyl sites for hydroxylation is 1. The molecule has 0 aromatic carbocycles. The predicted molar refractivity (Wildman–Crippen MR) is 88.0 cm³/mol. The van der Waals surface area contributed by atoms with Gasteiger partial charge in [-0.1, -0.05) is 6.92 Å². The molecule has 1 aromatic heterocycles. The summed E-state index contributed by atoms with van der Waals surface area (Å²) in [4.78, 5) is 13.9. The summed E-state index contributed by atoms with van der Waals surface area (Å²) >= 11 is 0. The summed E-state index contributed by atoms with van der Waals surface area (Å²) in [6.07, 6.45) is -2.29. The second-order valence-electron chi connectivity index (χ2n) is 5.79. The number of amides is 1. The molecule has 1 saturated heterocycles. The normalized spacial score (nSPS) is 18.4. The Labute approximate surface area is 145 Å². The van der Waals surface area contributed by atoms with E-state index in [9.17, 15) is 18.0 Å². The molecule has 1 N–H and O–H groups in total. The summed E-state index contributed by atoms with van der Waals surface area (Å²) in [5.41, 5.74) is -2.15. The molecule has 1 aromatic rings. The lowest BCUT2D eigenvalue weighted by atomic mass is 9.86. The van der Waals surface area contributed by atoms with E-state index in [1.807, 2.05) is 11.8 Å². The summed E-state index contributed by atoms with van der Waals surface area (Å²) in [6, 6.07) is 3.37. The van der Waals surface area contributed by atoms with Crippen LogP contribution in [0, 0.1) is 6.92 Å². The SMILES string of the molecule is CCN1CCC(NC(=O)/C=C/c2ccc(C)o2)(C(F)(F)F)CC1.Cl. The molecule has 2 heterocycles. The topological polar surface area (TPSA) is 45.5 Å². The lowest BCUT2D eigenvalue weighted by Crippen LogP contribution is -2.63. The number of carbonyl (C=O) groups is 1. The number of rotatable bonds is 4. The van der Waals surface area contributed by atoms with Crippen LogP contribution in [0.1, 0.15) is 31.3 Å². The van der Waals surface area contributed by atoms with Crippen LogP contribution in [0.2, 0.25) is 0 Å². The third-order valence-electron chi connectivity index (χ3n) is 4.22. The minimum absolute atomic E-state index is 0. The minimum atomic E-state index is -4.47. The first kappa shape index (κ1) is 20.6. The van der Waals surface area contributed by atoms with Crippen LogP contribution in [-0.2, 0) is 4.79 Å². The average Bonchev–Trinajstić information content (AvgIpc) is 2.90. The van der Waals surface area contributed by atoms with Crippen molar-refractivity contribution in [3.8, 4) is 0 Å². The summed E-state index contributed by atoms with van der Waals surface area (Å²) in [5.74, 6) is 0.338. The lowest BCUT2D eigenvalue weighted by molar-refractivity contribution is -0.208. The van der Waals surface area contributed by atoms with E-state index in [1.165, 1.54) is 6.08 Å². The number of hydrogen-bond donors (Lipinski definition) is 1. The molecule has 1 aliphatic heterocycles. The predicted octanol–water partition coefficient (Wildman–Crippen LogP) is 3.56. The maximum Gasteiger partial charge on any atom is 0.411 e. The van der Waals surface area contributed by atoms with Gasteiger partial charge in [-0.05, 0) is 44.5 Å². The largest absolute Gasteiger partial charge is 0.462 e. The highest BCUT2D eigenvalue weighted by molar-refractivity contribution is 5.92. The summed E-state index contributed by atoms with van der Waals surface area (Å²) in [6.45, 7) is 5.00. The van der Waals surface area contributed by atoms with Crippen molar-refractivity contribution in [2.24, 2.45) is 0 Å². The number of carbonyl (C=O) groups excluding carboxylic acids is 1. The molecule has 0 aliphatic carbocycles. The zero-order valence-electron chi connectivity index (χ0n) is 13.7. The number of nitrogens with one attached hydrogen (secondary N) is 1. The molecular formula is C16H22ClF3N2O2. The van der Waals surface area contributed by atoms with E-state index in [4.69, 9.17) is 4.42 Å². The Morgan fingerprint density at radius 1 is 1.38 bits per heavy atom. The molecule has 0 radical (unpaired) electrons. The second kappa shape index (κ2) is 8.07. The molecule has 0 atom stereocenters. The van der Waals surface area contributed by atoms with Gasteiger partial charge >= 0.3 is 6.18 Å². The maximum atomic E-state index is 13.5. The van der Waals surface area contributed by atoms with Crippen LogP contribution in [0.5, 0.6) is 0 Å². The Bertz CT molecular complexity index is 576. The third-order valence-corrected chi connectivity index (χ3v) is 4.22. The molecule has 136 valence electrons. The fraction of sp³-hybridized carbons (Fsp3) is 0.562. The van der Waals surface area contributed by atoms with Gasteiger partial charge in [-0.15, -0.1) is 12.4 Å². The molecule has 0 unspecified atom stereocenters. The number of halogens is 4. The number of likely N-dealkylation sites (tertiary alicyclic amines) is 1. The van der Waals surface area contributed by atoms with Crippen LogP contribution in [0.25, 0.3) is 6.08 Å². The van der Waals surface area contributed by atoms with Gasteiger partial charge in [0.05, 0.1) is 0 Å². The van der Waals surface area contributed by atoms with Gasteiger partial charge in [0.1, 0.15) is 17.1 Å². The summed E-state index contributed by atoms with van der Waals surface area (Å²) in [5, 5.41) is 2.17. The minimum Gasteiger partial charge on any atom is -0.462 e. The van der Waals surface area contributed by atoms with Gasteiger partial charge < -0.3 is 14.6 Å². The molecule has 1 fully saturated rings. The van der Waals surface area contributed by atoms with E-state index < -0.39 is 17.6 Å². The molecule has 1 aliphatic rings. The molecule has 4 nitrogen and oxygen atoms in total. The van der Waals surface area contributed by atoms with Crippen LogP contribution >= 0.6 is 12.4 Å². The highest BCUT2D eigenvalue weighted by Gasteiger charge is 2.56. The van der Waals surface area contributed by atoms with Crippen LogP contribution in [0.15, 0.2) is 22.6 Å². The van der Waals surface area contributed by atoms with Crippen molar-refractivity contribution in [2.45, 2.75) is 38.4 Å². The molecule has 2 rings (SSSR count). The van der Waals surface area contributed by atoms with Gasteiger partial charge in [-0.2, -0.15) is 13.2 Å². The first-order chi connectivity index (χ1) is 10.8. The van der Waals surface area contributed by atoms with E-state index in [2.05, 4.69) is 5.32 Å². The van der Waals surface area contributed by atoms with Crippen LogP contribution < -0.4 is 5.32 Å². The van der Waals surface area contributed by atoms with Gasteiger partial charge in [0, 0.05) is 19.2 Å². The quantitative estimate of drug-likeness (QED) is 0.829. The summed E-state index contributed by atoms with van der Waals surface area (Å²) < 4.78 is 45.7. The highest BCUT2D eigenvalue weighted by atomic mass is 35.5.